The minimum atomic E-state index is -0.213. The molecule has 2 N–H and O–H groups in total. The molecule has 0 fully saturated rings. The highest BCUT2D eigenvalue weighted by Crippen LogP contribution is 2.02. The van der Waals surface area contributed by atoms with Crippen LogP contribution in [-0.2, 0) is 11.3 Å². The molecule has 2 aromatic rings. The van der Waals surface area contributed by atoms with Gasteiger partial charge >= 0.3 is 0 Å². The fourth-order valence-electron chi connectivity index (χ4n) is 1.74. The Morgan fingerprint density at radius 2 is 2.09 bits per heavy atom. The van der Waals surface area contributed by atoms with Crippen LogP contribution in [0.3, 0.4) is 0 Å². The number of pyridine rings is 1. The Hall–Kier alpha value is -2.54. The summed E-state index contributed by atoms with van der Waals surface area (Å²) in [6, 6.07) is 3.73. The molecule has 0 aliphatic heterocycles. The van der Waals surface area contributed by atoms with Crippen LogP contribution in [0, 0.1) is 0 Å². The lowest BCUT2D eigenvalue weighted by molar-refractivity contribution is 0.0950. The second kappa shape index (κ2) is 8.68. The Labute approximate surface area is 129 Å². The summed E-state index contributed by atoms with van der Waals surface area (Å²) >= 11 is 0. The summed E-state index contributed by atoms with van der Waals surface area (Å²) in [5.41, 5.74) is 1.36. The summed E-state index contributed by atoms with van der Waals surface area (Å²) in [6.45, 7) is 1.83. The van der Waals surface area contributed by atoms with E-state index in [-0.39, 0.29) is 5.91 Å². The van der Waals surface area contributed by atoms with Crippen LogP contribution in [0.4, 0.5) is 5.95 Å². The number of nitrogens with one attached hydrogen (secondary N) is 2. The summed E-state index contributed by atoms with van der Waals surface area (Å²) in [4.78, 5) is 24.2. The maximum Gasteiger partial charge on any atom is 0.254 e. The normalized spacial score (nSPS) is 10.2. The molecule has 1 amide bonds. The van der Waals surface area contributed by atoms with Crippen LogP contribution >= 0.6 is 0 Å². The van der Waals surface area contributed by atoms with Crippen molar-refractivity contribution in [3.8, 4) is 0 Å². The van der Waals surface area contributed by atoms with Crippen molar-refractivity contribution in [3.05, 3.63) is 48.0 Å². The number of anilines is 1. The molecule has 116 valence electrons. The van der Waals surface area contributed by atoms with E-state index in [0.717, 1.165) is 18.5 Å². The van der Waals surface area contributed by atoms with Crippen molar-refractivity contribution >= 4 is 11.9 Å². The van der Waals surface area contributed by atoms with Crippen LogP contribution in [0.2, 0.25) is 0 Å². The first-order valence-corrected chi connectivity index (χ1v) is 7.01. The van der Waals surface area contributed by atoms with Gasteiger partial charge in [-0.15, -0.1) is 0 Å². The fourth-order valence-corrected chi connectivity index (χ4v) is 1.74. The number of rotatable bonds is 8. The zero-order valence-corrected chi connectivity index (χ0v) is 12.5. The smallest absolute Gasteiger partial charge is 0.254 e. The number of hydrogen-bond acceptors (Lipinski definition) is 6. The number of hydrogen-bond donors (Lipinski definition) is 2. The van der Waals surface area contributed by atoms with Gasteiger partial charge in [-0.2, -0.15) is 0 Å². The largest absolute Gasteiger partial charge is 0.385 e. The lowest BCUT2D eigenvalue weighted by atomic mass is 10.2. The topological polar surface area (TPSA) is 89.0 Å². The third-order valence-corrected chi connectivity index (χ3v) is 2.90. The van der Waals surface area contributed by atoms with E-state index < -0.39 is 0 Å². The van der Waals surface area contributed by atoms with Crippen molar-refractivity contribution in [1.82, 2.24) is 20.3 Å². The highest BCUT2D eigenvalue weighted by molar-refractivity contribution is 5.93. The predicted molar refractivity (Wildman–Crippen MR) is 82.4 cm³/mol. The summed E-state index contributed by atoms with van der Waals surface area (Å²) < 4.78 is 4.96. The number of ether oxygens (including phenoxy) is 1. The molecule has 22 heavy (non-hydrogen) atoms. The molecule has 0 saturated heterocycles. The van der Waals surface area contributed by atoms with Crippen molar-refractivity contribution in [3.63, 3.8) is 0 Å². The number of carbonyl (C=O) groups excluding carboxylic acids is 1. The van der Waals surface area contributed by atoms with Crippen molar-refractivity contribution < 1.29 is 9.53 Å². The molecule has 0 saturated carbocycles. The summed E-state index contributed by atoms with van der Waals surface area (Å²) in [5, 5.41) is 5.86. The third-order valence-electron chi connectivity index (χ3n) is 2.90. The van der Waals surface area contributed by atoms with Gasteiger partial charge < -0.3 is 15.4 Å². The van der Waals surface area contributed by atoms with Gasteiger partial charge in [0.2, 0.25) is 5.95 Å². The number of aromatic nitrogens is 3. The first-order chi connectivity index (χ1) is 10.8. The zero-order valence-electron chi connectivity index (χ0n) is 12.5. The van der Waals surface area contributed by atoms with Crippen LogP contribution < -0.4 is 10.6 Å². The third kappa shape index (κ3) is 5.10. The number of methoxy groups -OCH3 is 1. The van der Waals surface area contributed by atoms with Crippen LogP contribution in [0.25, 0.3) is 0 Å². The average Bonchev–Trinajstić information content (AvgIpc) is 2.58. The molecule has 0 aliphatic rings. The monoisotopic (exact) mass is 301 g/mol. The maximum atomic E-state index is 12.0. The Balaban J connectivity index is 1.80. The fraction of sp³-hybridized carbons (Fsp3) is 0.333. The molecule has 0 atom stereocenters. The summed E-state index contributed by atoms with van der Waals surface area (Å²) in [5.74, 6) is 0.287. The van der Waals surface area contributed by atoms with E-state index in [1.54, 1.807) is 19.5 Å². The van der Waals surface area contributed by atoms with E-state index in [4.69, 9.17) is 4.74 Å². The quantitative estimate of drug-likeness (QED) is 0.713. The van der Waals surface area contributed by atoms with E-state index in [1.165, 1.54) is 12.4 Å². The Morgan fingerprint density at radius 3 is 2.77 bits per heavy atom. The molecule has 0 radical (unpaired) electrons. The molecular formula is C15H19N5O2. The standard InChI is InChI=1S/C15H19N5O2/c1-22-7-3-6-17-15-19-10-13(11-20-15)14(21)18-9-12-4-2-5-16-8-12/h2,4-5,8,10-11H,3,6-7,9H2,1H3,(H,18,21)(H,17,19,20). The van der Waals surface area contributed by atoms with Crippen molar-refractivity contribution in [2.24, 2.45) is 0 Å². The van der Waals surface area contributed by atoms with Gasteiger partial charge in [-0.1, -0.05) is 6.07 Å². The molecule has 0 aliphatic carbocycles. The van der Waals surface area contributed by atoms with Gasteiger partial charge in [-0.05, 0) is 18.1 Å². The number of nitrogens with zero attached hydrogens (tertiary/aromatic N) is 3. The van der Waals surface area contributed by atoms with Gasteiger partial charge in [0.15, 0.2) is 0 Å². The molecule has 7 nitrogen and oxygen atoms in total. The van der Waals surface area contributed by atoms with Gasteiger partial charge in [0.05, 0.1) is 5.56 Å². The molecule has 0 unspecified atom stereocenters. The molecular weight excluding hydrogens is 282 g/mol. The first kappa shape index (κ1) is 15.8. The highest BCUT2D eigenvalue weighted by Gasteiger charge is 2.06. The molecule has 2 aromatic heterocycles. The van der Waals surface area contributed by atoms with E-state index in [2.05, 4.69) is 25.6 Å². The maximum absolute atomic E-state index is 12.0. The van der Waals surface area contributed by atoms with Gasteiger partial charge in [0, 0.05) is 51.6 Å². The second-order valence-corrected chi connectivity index (χ2v) is 4.61. The van der Waals surface area contributed by atoms with Crippen LogP contribution in [0.15, 0.2) is 36.9 Å². The molecule has 0 bridgehead atoms. The van der Waals surface area contributed by atoms with Crippen molar-refractivity contribution in [1.29, 1.82) is 0 Å². The zero-order chi connectivity index (χ0) is 15.6. The predicted octanol–water partition coefficient (Wildman–Crippen LogP) is 1.25. The van der Waals surface area contributed by atoms with E-state index in [9.17, 15) is 4.79 Å². The highest BCUT2D eigenvalue weighted by atomic mass is 16.5. The van der Waals surface area contributed by atoms with Crippen LogP contribution in [-0.4, -0.2) is 41.1 Å². The van der Waals surface area contributed by atoms with Gasteiger partial charge in [0.1, 0.15) is 0 Å². The van der Waals surface area contributed by atoms with E-state index in [0.29, 0.717) is 24.7 Å². The van der Waals surface area contributed by atoms with Crippen molar-refractivity contribution in [2.45, 2.75) is 13.0 Å². The van der Waals surface area contributed by atoms with Crippen LogP contribution in [0.1, 0.15) is 22.3 Å². The van der Waals surface area contributed by atoms with Gasteiger partial charge in [-0.25, -0.2) is 9.97 Å². The SMILES string of the molecule is COCCCNc1ncc(C(=O)NCc2cccnc2)cn1. The minimum absolute atomic E-state index is 0.213. The molecule has 7 heteroatoms. The molecule has 0 aromatic carbocycles. The minimum Gasteiger partial charge on any atom is -0.385 e. The molecule has 2 heterocycles. The molecule has 0 spiro atoms. The molecule has 2 rings (SSSR count). The van der Waals surface area contributed by atoms with Gasteiger partial charge in [-0.3, -0.25) is 9.78 Å². The average molecular weight is 301 g/mol. The lowest BCUT2D eigenvalue weighted by Crippen LogP contribution is -2.23. The van der Waals surface area contributed by atoms with Crippen molar-refractivity contribution in [2.75, 3.05) is 25.6 Å². The first-order valence-electron chi connectivity index (χ1n) is 7.01. The van der Waals surface area contributed by atoms with E-state index in [1.807, 2.05) is 12.1 Å². The number of carbonyl (C=O) groups is 1. The Kier molecular flexibility index (Phi) is 6.25. The second-order valence-electron chi connectivity index (χ2n) is 4.61. The Bertz CT molecular complexity index is 574. The Morgan fingerprint density at radius 1 is 1.27 bits per heavy atom. The van der Waals surface area contributed by atoms with Crippen LogP contribution in [0.5, 0.6) is 0 Å². The van der Waals surface area contributed by atoms with E-state index >= 15 is 0 Å². The summed E-state index contributed by atoms with van der Waals surface area (Å²) in [6.07, 6.45) is 7.28. The summed E-state index contributed by atoms with van der Waals surface area (Å²) in [7, 11) is 1.66. The number of amides is 1. The van der Waals surface area contributed by atoms with Gasteiger partial charge in [0.25, 0.3) is 5.91 Å². The lowest BCUT2D eigenvalue weighted by Gasteiger charge is -2.06.